The molecule has 0 spiro atoms. The summed E-state index contributed by atoms with van der Waals surface area (Å²) in [5.74, 6) is 0.0569. The molecule has 0 N–H and O–H groups in total. The topological polar surface area (TPSA) is 9.23 Å². The third-order valence-corrected chi connectivity index (χ3v) is 2.69. The van der Waals surface area contributed by atoms with Gasteiger partial charge in [-0.15, -0.1) is 0 Å². The predicted octanol–water partition coefficient (Wildman–Crippen LogP) is 3.18. The average Bonchev–Trinajstić information content (AvgIpc) is 2.18. The fourth-order valence-electron chi connectivity index (χ4n) is 1.96. The van der Waals surface area contributed by atoms with Gasteiger partial charge in [0.25, 0.3) is 0 Å². The zero-order chi connectivity index (χ0) is 10.1. The summed E-state index contributed by atoms with van der Waals surface area (Å²) < 4.78 is 18.8. The minimum Gasteiger partial charge on any atom is -0.494 e. The summed E-state index contributed by atoms with van der Waals surface area (Å²) in [4.78, 5) is 0. The Bertz CT molecular complexity index is 382. The Morgan fingerprint density at radius 2 is 2.14 bits per heavy atom. The van der Waals surface area contributed by atoms with E-state index in [9.17, 15) is 4.39 Å². The molecule has 1 aliphatic rings. The molecule has 0 fully saturated rings. The number of halogens is 1. The minimum absolute atomic E-state index is 0.255. The van der Waals surface area contributed by atoms with E-state index in [0.29, 0.717) is 11.3 Å². The van der Waals surface area contributed by atoms with Gasteiger partial charge in [0.1, 0.15) is 0 Å². The van der Waals surface area contributed by atoms with E-state index >= 15 is 0 Å². The van der Waals surface area contributed by atoms with Gasteiger partial charge in [-0.3, -0.25) is 0 Å². The van der Waals surface area contributed by atoms with E-state index in [-0.39, 0.29) is 5.82 Å². The summed E-state index contributed by atoms with van der Waals surface area (Å²) in [5.41, 5.74) is 2.62. The van der Waals surface area contributed by atoms with Crippen molar-refractivity contribution in [2.24, 2.45) is 0 Å². The Balaban J connectivity index is 2.60. The standard InChI is InChI=1S/C12H13FO/c1-8-4-3-5-9-6-7-10(14-2)12(13)11(8)9/h6-7H,1,3-5H2,2H3. The number of fused-ring (bicyclic) bond motifs is 1. The number of hydrogen-bond donors (Lipinski definition) is 0. The second-order valence-corrected chi connectivity index (χ2v) is 3.57. The zero-order valence-electron chi connectivity index (χ0n) is 8.27. The molecule has 2 heteroatoms. The van der Waals surface area contributed by atoms with Crippen molar-refractivity contribution in [3.63, 3.8) is 0 Å². The second-order valence-electron chi connectivity index (χ2n) is 3.57. The molecule has 0 saturated heterocycles. The highest BCUT2D eigenvalue weighted by molar-refractivity contribution is 5.70. The van der Waals surface area contributed by atoms with Crippen molar-refractivity contribution >= 4 is 5.57 Å². The first-order valence-corrected chi connectivity index (χ1v) is 4.77. The maximum Gasteiger partial charge on any atom is 0.172 e. The summed E-state index contributed by atoms with van der Waals surface area (Å²) in [7, 11) is 1.48. The van der Waals surface area contributed by atoms with E-state index < -0.39 is 0 Å². The number of ether oxygens (including phenoxy) is 1. The molecule has 14 heavy (non-hydrogen) atoms. The number of methoxy groups -OCH3 is 1. The van der Waals surface area contributed by atoms with Gasteiger partial charge in [0, 0.05) is 5.56 Å². The third-order valence-electron chi connectivity index (χ3n) is 2.69. The largest absolute Gasteiger partial charge is 0.494 e. The first-order valence-electron chi connectivity index (χ1n) is 4.77. The lowest BCUT2D eigenvalue weighted by Crippen LogP contribution is -2.05. The lowest BCUT2D eigenvalue weighted by atomic mass is 9.88. The van der Waals surface area contributed by atoms with Gasteiger partial charge in [-0.1, -0.05) is 12.6 Å². The van der Waals surface area contributed by atoms with E-state index in [1.807, 2.05) is 6.07 Å². The van der Waals surface area contributed by atoms with Crippen LogP contribution in [0, 0.1) is 5.82 Å². The van der Waals surface area contributed by atoms with Gasteiger partial charge in [0.2, 0.25) is 0 Å². The van der Waals surface area contributed by atoms with Crippen LogP contribution < -0.4 is 4.74 Å². The molecule has 0 atom stereocenters. The summed E-state index contributed by atoms with van der Waals surface area (Å²) in [6, 6.07) is 3.62. The van der Waals surface area contributed by atoms with Crippen LogP contribution in [0.5, 0.6) is 5.75 Å². The molecule has 74 valence electrons. The molecule has 0 aromatic heterocycles. The fraction of sp³-hybridized carbons (Fsp3) is 0.333. The molecule has 2 rings (SSSR count). The smallest absolute Gasteiger partial charge is 0.172 e. The molecule has 0 bridgehead atoms. The molecule has 0 amide bonds. The summed E-state index contributed by atoms with van der Waals surface area (Å²) in [5, 5.41) is 0. The van der Waals surface area contributed by atoms with E-state index in [1.165, 1.54) is 7.11 Å². The Morgan fingerprint density at radius 3 is 2.86 bits per heavy atom. The molecular weight excluding hydrogens is 179 g/mol. The molecule has 0 unspecified atom stereocenters. The highest BCUT2D eigenvalue weighted by Crippen LogP contribution is 2.35. The zero-order valence-corrected chi connectivity index (χ0v) is 8.27. The summed E-state index contributed by atoms with van der Waals surface area (Å²) in [6.07, 6.45) is 2.89. The van der Waals surface area contributed by atoms with Crippen molar-refractivity contribution in [2.75, 3.05) is 7.11 Å². The number of benzene rings is 1. The number of aryl methyl sites for hydroxylation is 1. The van der Waals surface area contributed by atoms with E-state index in [0.717, 1.165) is 30.4 Å². The Labute approximate surface area is 83.2 Å². The van der Waals surface area contributed by atoms with Crippen LogP contribution in [0.15, 0.2) is 18.7 Å². The lowest BCUT2D eigenvalue weighted by Gasteiger charge is -2.19. The molecule has 1 nitrogen and oxygen atoms in total. The number of allylic oxidation sites excluding steroid dienone is 1. The van der Waals surface area contributed by atoms with Crippen LogP contribution >= 0.6 is 0 Å². The van der Waals surface area contributed by atoms with Crippen molar-refractivity contribution < 1.29 is 9.13 Å². The van der Waals surface area contributed by atoms with Crippen molar-refractivity contribution in [1.82, 2.24) is 0 Å². The number of hydrogen-bond acceptors (Lipinski definition) is 1. The predicted molar refractivity (Wildman–Crippen MR) is 54.9 cm³/mol. The monoisotopic (exact) mass is 192 g/mol. The van der Waals surface area contributed by atoms with Gasteiger partial charge in [-0.05, 0) is 36.5 Å². The van der Waals surface area contributed by atoms with Crippen LogP contribution in [-0.2, 0) is 6.42 Å². The van der Waals surface area contributed by atoms with Gasteiger partial charge < -0.3 is 4.74 Å². The molecule has 1 aliphatic carbocycles. The normalized spacial score (nSPS) is 15.1. The van der Waals surface area contributed by atoms with Crippen molar-refractivity contribution in [3.05, 3.63) is 35.7 Å². The van der Waals surface area contributed by atoms with E-state index in [2.05, 4.69) is 6.58 Å². The van der Waals surface area contributed by atoms with E-state index in [1.54, 1.807) is 6.07 Å². The van der Waals surface area contributed by atoms with Crippen molar-refractivity contribution in [3.8, 4) is 5.75 Å². The van der Waals surface area contributed by atoms with Crippen LogP contribution in [0.2, 0.25) is 0 Å². The second kappa shape index (κ2) is 3.45. The first kappa shape index (κ1) is 9.25. The Hall–Kier alpha value is -1.31. The molecule has 1 aromatic carbocycles. The van der Waals surface area contributed by atoms with Crippen LogP contribution in [0.1, 0.15) is 24.0 Å². The van der Waals surface area contributed by atoms with Crippen LogP contribution in [0.3, 0.4) is 0 Å². The third kappa shape index (κ3) is 1.31. The fourth-order valence-corrected chi connectivity index (χ4v) is 1.96. The molecule has 0 radical (unpaired) electrons. The summed E-state index contributed by atoms with van der Waals surface area (Å²) >= 11 is 0. The Kier molecular flexibility index (Phi) is 2.28. The quantitative estimate of drug-likeness (QED) is 0.664. The summed E-state index contributed by atoms with van der Waals surface area (Å²) in [6.45, 7) is 3.90. The van der Waals surface area contributed by atoms with E-state index in [4.69, 9.17) is 4.74 Å². The van der Waals surface area contributed by atoms with Gasteiger partial charge in [-0.25, -0.2) is 4.39 Å². The van der Waals surface area contributed by atoms with Gasteiger partial charge >= 0.3 is 0 Å². The minimum atomic E-state index is -0.255. The Morgan fingerprint density at radius 1 is 1.36 bits per heavy atom. The van der Waals surface area contributed by atoms with Gasteiger partial charge in [-0.2, -0.15) is 0 Å². The first-order chi connectivity index (χ1) is 6.74. The van der Waals surface area contributed by atoms with Crippen LogP contribution in [0.4, 0.5) is 4.39 Å². The molecule has 0 saturated carbocycles. The van der Waals surface area contributed by atoms with Crippen LogP contribution in [-0.4, -0.2) is 7.11 Å². The molecule has 0 aliphatic heterocycles. The van der Waals surface area contributed by atoms with Crippen LogP contribution in [0.25, 0.3) is 5.57 Å². The SMILES string of the molecule is C=C1CCCc2ccc(OC)c(F)c21. The number of rotatable bonds is 1. The molecule has 0 heterocycles. The molecule has 1 aromatic rings. The maximum absolute atomic E-state index is 13.8. The highest BCUT2D eigenvalue weighted by atomic mass is 19.1. The average molecular weight is 192 g/mol. The van der Waals surface area contributed by atoms with Crippen molar-refractivity contribution in [2.45, 2.75) is 19.3 Å². The molecular formula is C12H13FO. The van der Waals surface area contributed by atoms with Gasteiger partial charge in [0.05, 0.1) is 7.11 Å². The highest BCUT2D eigenvalue weighted by Gasteiger charge is 2.19. The maximum atomic E-state index is 13.8. The lowest BCUT2D eigenvalue weighted by molar-refractivity contribution is 0.385. The van der Waals surface area contributed by atoms with Gasteiger partial charge in [0.15, 0.2) is 11.6 Å². The van der Waals surface area contributed by atoms with Crippen molar-refractivity contribution in [1.29, 1.82) is 0 Å².